The van der Waals surface area contributed by atoms with E-state index < -0.39 is 5.97 Å². The van der Waals surface area contributed by atoms with Gasteiger partial charge in [0.05, 0.1) is 6.61 Å². The number of hydrogen-bond acceptors (Lipinski definition) is 3. The quantitative estimate of drug-likeness (QED) is 0.648. The number of urea groups is 1. The van der Waals surface area contributed by atoms with E-state index in [2.05, 4.69) is 29.2 Å². The van der Waals surface area contributed by atoms with Gasteiger partial charge in [-0.1, -0.05) is 13.8 Å². The van der Waals surface area contributed by atoms with Gasteiger partial charge < -0.3 is 15.4 Å². The lowest BCUT2D eigenvalue weighted by atomic mass is 10.1. The average molecular weight is 216 g/mol. The summed E-state index contributed by atoms with van der Waals surface area (Å²) in [6, 6.07) is -0.330. The zero-order valence-electron chi connectivity index (χ0n) is 9.63. The van der Waals surface area contributed by atoms with E-state index in [4.69, 9.17) is 0 Å². The van der Waals surface area contributed by atoms with Gasteiger partial charge >= 0.3 is 12.0 Å². The van der Waals surface area contributed by atoms with Crippen molar-refractivity contribution in [2.24, 2.45) is 5.92 Å². The summed E-state index contributed by atoms with van der Waals surface area (Å²) in [5, 5.41) is 5.07. The molecule has 0 unspecified atom stereocenters. The Balaban J connectivity index is 3.45. The normalized spacial score (nSPS) is 9.87. The molecular weight excluding hydrogens is 196 g/mol. The third-order valence-corrected chi connectivity index (χ3v) is 1.71. The van der Waals surface area contributed by atoms with E-state index in [-0.39, 0.29) is 12.6 Å². The van der Waals surface area contributed by atoms with E-state index >= 15 is 0 Å². The van der Waals surface area contributed by atoms with Crippen LogP contribution in [-0.4, -0.2) is 31.7 Å². The lowest BCUT2D eigenvalue weighted by Crippen LogP contribution is -2.39. The molecule has 0 aromatic rings. The van der Waals surface area contributed by atoms with Crippen LogP contribution in [0.5, 0.6) is 0 Å². The van der Waals surface area contributed by atoms with Crippen molar-refractivity contribution in [2.45, 2.75) is 27.2 Å². The van der Waals surface area contributed by atoms with Gasteiger partial charge in [0.2, 0.25) is 0 Å². The smallest absolute Gasteiger partial charge is 0.325 e. The molecule has 5 heteroatoms. The Morgan fingerprint density at radius 1 is 1.27 bits per heavy atom. The van der Waals surface area contributed by atoms with Gasteiger partial charge in [-0.25, -0.2) is 4.79 Å². The maximum Gasteiger partial charge on any atom is 0.325 e. The SMILES string of the molecule is CCOC(=O)CNC(=O)NCCC(C)C. The lowest BCUT2D eigenvalue weighted by molar-refractivity contribution is -0.141. The first-order chi connectivity index (χ1) is 7.06. The summed E-state index contributed by atoms with van der Waals surface area (Å²) in [7, 11) is 0. The van der Waals surface area contributed by atoms with Crippen LogP contribution < -0.4 is 10.6 Å². The van der Waals surface area contributed by atoms with Crippen molar-refractivity contribution < 1.29 is 14.3 Å². The van der Waals surface area contributed by atoms with Crippen molar-refractivity contribution in [3.8, 4) is 0 Å². The zero-order valence-corrected chi connectivity index (χ0v) is 9.63. The lowest BCUT2D eigenvalue weighted by Gasteiger charge is -2.08. The summed E-state index contributed by atoms with van der Waals surface area (Å²) >= 11 is 0. The van der Waals surface area contributed by atoms with E-state index in [0.717, 1.165) is 6.42 Å². The monoisotopic (exact) mass is 216 g/mol. The summed E-state index contributed by atoms with van der Waals surface area (Å²) in [4.78, 5) is 22.0. The first-order valence-corrected chi connectivity index (χ1v) is 5.23. The maximum absolute atomic E-state index is 11.1. The molecule has 0 saturated carbocycles. The summed E-state index contributed by atoms with van der Waals surface area (Å²) < 4.78 is 4.65. The molecule has 88 valence electrons. The van der Waals surface area contributed by atoms with Crippen LogP contribution in [0.15, 0.2) is 0 Å². The number of hydrogen-bond donors (Lipinski definition) is 2. The topological polar surface area (TPSA) is 67.4 Å². The van der Waals surface area contributed by atoms with E-state index in [1.165, 1.54) is 0 Å². The minimum Gasteiger partial charge on any atom is -0.465 e. The Bertz CT molecular complexity index is 205. The fourth-order valence-electron chi connectivity index (χ4n) is 0.901. The van der Waals surface area contributed by atoms with Crippen LogP contribution in [0.2, 0.25) is 0 Å². The van der Waals surface area contributed by atoms with Crippen LogP contribution in [0.3, 0.4) is 0 Å². The van der Waals surface area contributed by atoms with Crippen molar-refractivity contribution >= 4 is 12.0 Å². The highest BCUT2D eigenvalue weighted by molar-refractivity contribution is 5.80. The third kappa shape index (κ3) is 9.05. The molecule has 0 radical (unpaired) electrons. The number of amides is 2. The van der Waals surface area contributed by atoms with Gasteiger partial charge in [-0.2, -0.15) is 0 Å². The fourth-order valence-corrected chi connectivity index (χ4v) is 0.901. The summed E-state index contributed by atoms with van der Waals surface area (Å²) in [6.07, 6.45) is 0.923. The van der Waals surface area contributed by atoms with Gasteiger partial charge in [0.25, 0.3) is 0 Å². The van der Waals surface area contributed by atoms with E-state index in [0.29, 0.717) is 19.1 Å². The zero-order chi connectivity index (χ0) is 11.7. The molecule has 0 aromatic carbocycles. The predicted molar refractivity (Wildman–Crippen MR) is 57.5 cm³/mol. The molecule has 0 aromatic heterocycles. The summed E-state index contributed by atoms with van der Waals surface area (Å²) in [5.41, 5.74) is 0. The molecule has 2 amide bonds. The molecule has 0 heterocycles. The second-order valence-corrected chi connectivity index (χ2v) is 3.60. The number of ether oxygens (including phenoxy) is 1. The maximum atomic E-state index is 11.1. The van der Waals surface area contributed by atoms with Gasteiger partial charge in [0, 0.05) is 6.54 Å². The van der Waals surface area contributed by atoms with Crippen LogP contribution in [0.4, 0.5) is 4.79 Å². The molecule has 0 saturated heterocycles. The molecule has 0 aliphatic rings. The molecule has 0 atom stereocenters. The second-order valence-electron chi connectivity index (χ2n) is 3.60. The first kappa shape index (κ1) is 13.7. The van der Waals surface area contributed by atoms with Gasteiger partial charge in [-0.15, -0.1) is 0 Å². The van der Waals surface area contributed by atoms with Crippen LogP contribution in [0.1, 0.15) is 27.2 Å². The van der Waals surface area contributed by atoms with Crippen molar-refractivity contribution in [1.82, 2.24) is 10.6 Å². The first-order valence-electron chi connectivity index (χ1n) is 5.23. The van der Waals surface area contributed by atoms with Gasteiger partial charge in [-0.05, 0) is 19.3 Å². The highest BCUT2D eigenvalue weighted by Gasteiger charge is 2.04. The molecule has 0 aliphatic carbocycles. The average Bonchev–Trinajstić information content (AvgIpc) is 2.14. The minimum absolute atomic E-state index is 0.0820. The molecule has 0 fully saturated rings. The third-order valence-electron chi connectivity index (χ3n) is 1.71. The van der Waals surface area contributed by atoms with E-state index in [1.807, 2.05) is 0 Å². The van der Waals surface area contributed by atoms with Gasteiger partial charge in [0.1, 0.15) is 6.54 Å². The Hall–Kier alpha value is -1.26. The number of nitrogens with one attached hydrogen (secondary N) is 2. The van der Waals surface area contributed by atoms with E-state index in [9.17, 15) is 9.59 Å². The van der Waals surface area contributed by atoms with Gasteiger partial charge in [-0.3, -0.25) is 4.79 Å². The Labute approximate surface area is 90.6 Å². The molecule has 0 aliphatic heterocycles. The molecule has 0 rings (SSSR count). The fraction of sp³-hybridized carbons (Fsp3) is 0.800. The van der Waals surface area contributed by atoms with Crippen LogP contribution in [0.25, 0.3) is 0 Å². The summed E-state index contributed by atoms with van der Waals surface area (Å²) in [5.74, 6) is 0.131. The number of esters is 1. The summed E-state index contributed by atoms with van der Waals surface area (Å²) in [6.45, 7) is 6.75. The van der Waals surface area contributed by atoms with Gasteiger partial charge in [0.15, 0.2) is 0 Å². The standard InChI is InChI=1S/C10H20N2O3/c1-4-15-9(13)7-12-10(14)11-6-5-8(2)3/h8H,4-7H2,1-3H3,(H2,11,12,14). The number of rotatable bonds is 6. The molecule has 15 heavy (non-hydrogen) atoms. The van der Waals surface area contributed by atoms with Crippen LogP contribution in [-0.2, 0) is 9.53 Å². The molecule has 2 N–H and O–H groups in total. The molecule has 0 spiro atoms. The van der Waals surface area contributed by atoms with Crippen molar-refractivity contribution in [2.75, 3.05) is 19.7 Å². The van der Waals surface area contributed by atoms with E-state index in [1.54, 1.807) is 6.92 Å². The van der Waals surface area contributed by atoms with Crippen LogP contribution in [0, 0.1) is 5.92 Å². The molecule has 5 nitrogen and oxygen atoms in total. The number of carbonyl (C=O) groups is 2. The van der Waals surface area contributed by atoms with Crippen LogP contribution >= 0.6 is 0 Å². The second kappa shape index (κ2) is 8.08. The Kier molecular flexibility index (Phi) is 7.40. The number of carbonyl (C=O) groups excluding carboxylic acids is 2. The predicted octanol–water partition coefficient (Wildman–Crippen LogP) is 0.895. The highest BCUT2D eigenvalue weighted by atomic mass is 16.5. The Morgan fingerprint density at radius 3 is 2.47 bits per heavy atom. The largest absolute Gasteiger partial charge is 0.465 e. The van der Waals surface area contributed by atoms with Crippen molar-refractivity contribution in [3.63, 3.8) is 0 Å². The molecular formula is C10H20N2O3. The minimum atomic E-state index is -0.420. The van der Waals surface area contributed by atoms with Crippen molar-refractivity contribution in [3.05, 3.63) is 0 Å². The highest BCUT2D eigenvalue weighted by Crippen LogP contribution is 1.95. The Morgan fingerprint density at radius 2 is 1.93 bits per heavy atom. The van der Waals surface area contributed by atoms with Crippen molar-refractivity contribution in [1.29, 1.82) is 0 Å². The molecule has 0 bridgehead atoms.